The van der Waals surface area contributed by atoms with Gasteiger partial charge in [-0.1, -0.05) is 12.8 Å². The molecule has 0 atom stereocenters. The number of halogens is 1. The van der Waals surface area contributed by atoms with E-state index in [1.165, 1.54) is 25.7 Å². The van der Waals surface area contributed by atoms with Gasteiger partial charge in [-0.2, -0.15) is 10.2 Å². The molecular weight excluding hydrogens is 358 g/mol. The lowest BCUT2D eigenvalue weighted by Crippen LogP contribution is -2.08. The Morgan fingerprint density at radius 1 is 1.26 bits per heavy atom. The number of anilines is 1. The SMILES string of the molecule is Cn1nc(Br)c2c(NCc3ccn(C4CCCC4)n3)ncnc21. The number of hydrogen-bond acceptors (Lipinski definition) is 5. The van der Waals surface area contributed by atoms with Crippen LogP contribution in [0, 0.1) is 0 Å². The summed E-state index contributed by atoms with van der Waals surface area (Å²) >= 11 is 3.47. The lowest BCUT2D eigenvalue weighted by molar-refractivity contribution is 0.463. The largest absolute Gasteiger partial charge is 0.364 e. The molecule has 0 saturated heterocycles. The summed E-state index contributed by atoms with van der Waals surface area (Å²) in [6, 6.07) is 2.64. The van der Waals surface area contributed by atoms with Crippen molar-refractivity contribution in [3.8, 4) is 0 Å². The van der Waals surface area contributed by atoms with Crippen molar-refractivity contribution in [2.75, 3.05) is 5.32 Å². The highest BCUT2D eigenvalue weighted by Crippen LogP contribution is 2.29. The van der Waals surface area contributed by atoms with E-state index in [9.17, 15) is 0 Å². The minimum absolute atomic E-state index is 0.571. The molecule has 0 amide bonds. The van der Waals surface area contributed by atoms with Gasteiger partial charge in [0, 0.05) is 13.2 Å². The topological polar surface area (TPSA) is 73.5 Å². The molecule has 3 aromatic rings. The summed E-state index contributed by atoms with van der Waals surface area (Å²) in [5.74, 6) is 0.769. The molecule has 3 aromatic heterocycles. The van der Waals surface area contributed by atoms with Gasteiger partial charge in [0.25, 0.3) is 0 Å². The molecule has 120 valence electrons. The third-order valence-electron chi connectivity index (χ3n) is 4.38. The van der Waals surface area contributed by atoms with E-state index in [1.807, 2.05) is 7.05 Å². The van der Waals surface area contributed by atoms with E-state index < -0.39 is 0 Å². The van der Waals surface area contributed by atoms with E-state index in [4.69, 9.17) is 5.10 Å². The van der Waals surface area contributed by atoms with Crippen LogP contribution in [0.1, 0.15) is 37.4 Å². The Hall–Kier alpha value is -1.96. The highest BCUT2D eigenvalue weighted by Gasteiger charge is 2.18. The van der Waals surface area contributed by atoms with Crippen molar-refractivity contribution in [1.29, 1.82) is 0 Å². The first-order valence-electron chi connectivity index (χ1n) is 7.83. The van der Waals surface area contributed by atoms with Gasteiger partial charge in [-0.25, -0.2) is 14.6 Å². The predicted octanol–water partition coefficient (Wildman–Crippen LogP) is 3.05. The van der Waals surface area contributed by atoms with Gasteiger partial charge in [-0.05, 0) is 34.8 Å². The van der Waals surface area contributed by atoms with Gasteiger partial charge in [-0.3, -0.25) is 4.68 Å². The number of aromatic nitrogens is 6. The molecule has 1 saturated carbocycles. The molecule has 7 nitrogen and oxygen atoms in total. The van der Waals surface area contributed by atoms with Crippen molar-refractivity contribution in [3.05, 3.63) is 28.9 Å². The molecule has 0 aliphatic heterocycles. The van der Waals surface area contributed by atoms with Crippen molar-refractivity contribution in [3.63, 3.8) is 0 Å². The molecule has 4 rings (SSSR count). The quantitative estimate of drug-likeness (QED) is 0.758. The van der Waals surface area contributed by atoms with Crippen molar-refractivity contribution in [2.45, 2.75) is 38.3 Å². The minimum atomic E-state index is 0.571. The first-order chi connectivity index (χ1) is 11.2. The van der Waals surface area contributed by atoms with Crippen LogP contribution in [0.4, 0.5) is 5.82 Å². The Labute approximate surface area is 142 Å². The second kappa shape index (κ2) is 5.92. The Balaban J connectivity index is 1.53. The maximum absolute atomic E-state index is 4.69. The van der Waals surface area contributed by atoms with Crippen molar-refractivity contribution in [2.24, 2.45) is 7.05 Å². The van der Waals surface area contributed by atoms with Crippen LogP contribution in [0.15, 0.2) is 23.2 Å². The van der Waals surface area contributed by atoms with E-state index in [-0.39, 0.29) is 0 Å². The maximum Gasteiger partial charge on any atom is 0.164 e. The maximum atomic E-state index is 4.69. The Kier molecular flexibility index (Phi) is 3.76. The summed E-state index contributed by atoms with van der Waals surface area (Å²) in [6.45, 7) is 0.632. The fourth-order valence-corrected chi connectivity index (χ4v) is 3.80. The lowest BCUT2D eigenvalue weighted by atomic mass is 10.3. The van der Waals surface area contributed by atoms with E-state index in [1.54, 1.807) is 11.0 Å². The standard InChI is InChI=1S/C15H18BrN7/c1-22-15-12(13(16)21-22)14(18-9-19-15)17-8-10-6-7-23(20-10)11-4-2-3-5-11/h6-7,9,11H,2-5,8H2,1H3,(H,17,18,19). The summed E-state index contributed by atoms with van der Waals surface area (Å²) in [5, 5.41) is 13.3. The molecule has 23 heavy (non-hydrogen) atoms. The first kappa shape index (κ1) is 14.6. The van der Waals surface area contributed by atoms with Crippen molar-refractivity contribution in [1.82, 2.24) is 29.5 Å². The zero-order chi connectivity index (χ0) is 15.8. The smallest absolute Gasteiger partial charge is 0.164 e. The van der Waals surface area contributed by atoms with Gasteiger partial charge < -0.3 is 5.32 Å². The Bertz CT molecular complexity index is 832. The predicted molar refractivity (Wildman–Crippen MR) is 91.1 cm³/mol. The van der Waals surface area contributed by atoms with E-state index in [0.29, 0.717) is 12.6 Å². The number of fused-ring (bicyclic) bond motifs is 1. The van der Waals surface area contributed by atoms with Crippen LogP contribution in [0.25, 0.3) is 11.0 Å². The molecule has 3 heterocycles. The van der Waals surface area contributed by atoms with Crippen molar-refractivity contribution < 1.29 is 0 Å². The van der Waals surface area contributed by atoms with Gasteiger partial charge >= 0.3 is 0 Å². The monoisotopic (exact) mass is 375 g/mol. The molecule has 0 bridgehead atoms. The summed E-state index contributed by atoms with van der Waals surface area (Å²) in [5.41, 5.74) is 1.81. The average molecular weight is 376 g/mol. The third-order valence-corrected chi connectivity index (χ3v) is 4.93. The van der Waals surface area contributed by atoms with Crippen LogP contribution < -0.4 is 5.32 Å². The molecule has 0 radical (unpaired) electrons. The molecule has 1 aliphatic carbocycles. The third kappa shape index (κ3) is 2.71. The summed E-state index contributed by atoms with van der Waals surface area (Å²) in [7, 11) is 1.87. The second-order valence-electron chi connectivity index (χ2n) is 5.91. The lowest BCUT2D eigenvalue weighted by Gasteiger charge is -2.09. The molecule has 0 aromatic carbocycles. The molecule has 1 aliphatic rings. The normalized spacial score (nSPS) is 15.6. The van der Waals surface area contributed by atoms with E-state index in [2.05, 4.69) is 53.3 Å². The van der Waals surface area contributed by atoms with Crippen LogP contribution >= 0.6 is 15.9 Å². The van der Waals surface area contributed by atoms with Crippen LogP contribution in [0.5, 0.6) is 0 Å². The van der Waals surface area contributed by atoms with Crippen LogP contribution in [0.3, 0.4) is 0 Å². The van der Waals surface area contributed by atoms with Crippen LogP contribution in [-0.2, 0) is 13.6 Å². The number of nitrogens with one attached hydrogen (secondary N) is 1. The van der Waals surface area contributed by atoms with E-state index in [0.717, 1.165) is 27.1 Å². The number of aryl methyl sites for hydroxylation is 1. The first-order valence-corrected chi connectivity index (χ1v) is 8.63. The van der Waals surface area contributed by atoms with Gasteiger partial charge in [0.15, 0.2) is 5.65 Å². The fourth-order valence-electron chi connectivity index (χ4n) is 3.19. The zero-order valence-electron chi connectivity index (χ0n) is 12.9. The number of rotatable bonds is 4. The second-order valence-corrected chi connectivity index (χ2v) is 6.67. The molecule has 8 heteroatoms. The molecular formula is C15H18BrN7. The van der Waals surface area contributed by atoms with Gasteiger partial charge in [0.2, 0.25) is 0 Å². The van der Waals surface area contributed by atoms with Gasteiger partial charge in [0.1, 0.15) is 16.7 Å². The molecule has 0 spiro atoms. The summed E-state index contributed by atoms with van der Waals surface area (Å²) in [4.78, 5) is 8.61. The van der Waals surface area contributed by atoms with Crippen molar-refractivity contribution >= 4 is 32.8 Å². The van der Waals surface area contributed by atoms with E-state index >= 15 is 0 Å². The Morgan fingerprint density at radius 3 is 2.91 bits per heavy atom. The molecule has 1 fully saturated rings. The van der Waals surface area contributed by atoms with Gasteiger partial charge in [-0.15, -0.1) is 0 Å². The number of hydrogen-bond donors (Lipinski definition) is 1. The average Bonchev–Trinajstić information content (AvgIpc) is 3.27. The summed E-state index contributed by atoms with van der Waals surface area (Å²) in [6.07, 6.45) is 8.74. The Morgan fingerprint density at radius 2 is 2.09 bits per heavy atom. The van der Waals surface area contributed by atoms with Crippen LogP contribution in [-0.4, -0.2) is 29.5 Å². The van der Waals surface area contributed by atoms with Gasteiger partial charge in [0.05, 0.1) is 23.7 Å². The summed E-state index contributed by atoms with van der Waals surface area (Å²) < 4.78 is 4.59. The highest BCUT2D eigenvalue weighted by molar-refractivity contribution is 9.10. The van der Waals surface area contributed by atoms with Crippen LogP contribution in [0.2, 0.25) is 0 Å². The zero-order valence-corrected chi connectivity index (χ0v) is 14.5. The number of nitrogens with zero attached hydrogens (tertiary/aromatic N) is 6. The molecule has 0 unspecified atom stereocenters. The minimum Gasteiger partial charge on any atom is -0.364 e. The molecule has 1 N–H and O–H groups in total. The fraction of sp³-hybridized carbons (Fsp3) is 0.467. The highest BCUT2D eigenvalue weighted by atomic mass is 79.9.